The number of carbonyl (C=O) groups excluding carboxylic acids is 2. The van der Waals surface area contributed by atoms with Crippen molar-refractivity contribution in [1.29, 1.82) is 0 Å². The molecule has 37 heavy (non-hydrogen) atoms. The summed E-state index contributed by atoms with van der Waals surface area (Å²) in [6.45, 7) is 13.0. The molecule has 2 radical (unpaired) electrons. The first-order valence-corrected chi connectivity index (χ1v) is 13.6. The van der Waals surface area contributed by atoms with Crippen LogP contribution in [0, 0.1) is 0 Å². The first-order chi connectivity index (χ1) is 17.9. The van der Waals surface area contributed by atoms with Crippen molar-refractivity contribution in [1.82, 2.24) is 36.8 Å². The highest BCUT2D eigenvalue weighted by atomic mass is 16.3. The van der Waals surface area contributed by atoms with Gasteiger partial charge in [-0.2, -0.15) is 0 Å². The first kappa shape index (κ1) is 35.7. The van der Waals surface area contributed by atoms with E-state index in [0.717, 1.165) is 45.8 Å². The number of nitrogens with two attached hydrogens (primary N) is 1. The van der Waals surface area contributed by atoms with Gasteiger partial charge in [0.2, 0.25) is 11.8 Å². The second-order valence-corrected chi connectivity index (χ2v) is 9.02. The van der Waals surface area contributed by atoms with Crippen molar-refractivity contribution in [3.05, 3.63) is 0 Å². The third-order valence-electron chi connectivity index (χ3n) is 5.44. The summed E-state index contributed by atoms with van der Waals surface area (Å²) in [5, 5.41) is 38.4. The minimum atomic E-state index is -0.463. The van der Waals surface area contributed by atoms with Gasteiger partial charge < -0.3 is 47.8 Å². The summed E-state index contributed by atoms with van der Waals surface area (Å²) < 4.78 is 0. The maximum Gasteiger partial charge on any atom is 0.229 e. The molecule has 10 N–H and O–H groups in total. The summed E-state index contributed by atoms with van der Waals surface area (Å²) in [4.78, 5) is 26.2. The van der Waals surface area contributed by atoms with E-state index in [1.54, 1.807) is 0 Å². The van der Waals surface area contributed by atoms with E-state index in [1.165, 1.54) is 0 Å². The van der Waals surface area contributed by atoms with Gasteiger partial charge in [-0.1, -0.05) is 26.3 Å². The van der Waals surface area contributed by atoms with Gasteiger partial charge in [0.1, 0.15) is 21.0 Å². The lowest BCUT2D eigenvalue weighted by molar-refractivity contribution is -0.129. The lowest BCUT2D eigenvalue weighted by atomic mass is 9.75. The summed E-state index contributed by atoms with van der Waals surface area (Å²) in [6, 6.07) is 0. The molecular formula is C23H52B2N8O4. The Hall–Kier alpha value is -1.25. The van der Waals surface area contributed by atoms with Gasteiger partial charge in [-0.25, -0.2) is 0 Å². The van der Waals surface area contributed by atoms with Gasteiger partial charge in [0.25, 0.3) is 0 Å². The van der Waals surface area contributed by atoms with E-state index in [0.29, 0.717) is 58.5 Å². The summed E-state index contributed by atoms with van der Waals surface area (Å²) >= 11 is 0. The van der Waals surface area contributed by atoms with Crippen molar-refractivity contribution in [3.63, 3.8) is 0 Å². The van der Waals surface area contributed by atoms with Crippen LogP contribution in [0.4, 0.5) is 0 Å². The molecule has 0 aromatic carbocycles. The number of hydrogen-bond acceptors (Lipinski definition) is 10. The molecule has 214 valence electrons. The van der Waals surface area contributed by atoms with Crippen molar-refractivity contribution in [2.24, 2.45) is 5.73 Å². The molecule has 0 aliphatic carbocycles. The number of amides is 2. The van der Waals surface area contributed by atoms with Gasteiger partial charge in [0, 0.05) is 91.6 Å². The average molecular weight is 526 g/mol. The normalized spacial score (nSPS) is 12.8. The molecule has 0 rings (SSSR count). The Kier molecular flexibility index (Phi) is 25.5. The molecule has 0 saturated heterocycles. The zero-order valence-electron chi connectivity index (χ0n) is 23.1. The predicted octanol–water partition coefficient (Wildman–Crippen LogP) is -3.71. The van der Waals surface area contributed by atoms with Gasteiger partial charge in [0.05, 0.1) is 12.2 Å². The highest BCUT2D eigenvalue weighted by Gasteiger charge is 2.13. The van der Waals surface area contributed by atoms with E-state index < -0.39 is 6.10 Å². The minimum absolute atomic E-state index is 0.203. The molecule has 14 heteroatoms. The number of nitrogens with zero attached hydrogens (tertiary/aromatic N) is 1. The molecule has 2 unspecified atom stereocenters. The van der Waals surface area contributed by atoms with Crippen molar-refractivity contribution < 1.29 is 19.8 Å². The van der Waals surface area contributed by atoms with Crippen LogP contribution < -0.4 is 37.6 Å². The lowest BCUT2D eigenvalue weighted by Crippen LogP contribution is -2.43. The fourth-order valence-corrected chi connectivity index (χ4v) is 3.55. The number of aliphatic hydroxyl groups excluding tert-OH is 2. The Morgan fingerprint density at radius 1 is 0.730 bits per heavy atom. The number of rotatable bonds is 27. The lowest BCUT2D eigenvalue weighted by Gasteiger charge is -2.25. The van der Waals surface area contributed by atoms with Crippen LogP contribution in [-0.2, 0) is 9.59 Å². The van der Waals surface area contributed by atoms with Crippen LogP contribution in [0.5, 0.6) is 0 Å². The van der Waals surface area contributed by atoms with E-state index in [1.807, 2.05) is 28.2 Å². The highest BCUT2D eigenvalue weighted by Crippen LogP contribution is 1.97. The minimum Gasteiger partial charge on any atom is -0.393 e. The van der Waals surface area contributed by atoms with Gasteiger partial charge in [-0.3, -0.25) is 14.5 Å². The Morgan fingerprint density at radius 3 is 1.89 bits per heavy atom. The third kappa shape index (κ3) is 24.8. The topological polar surface area (TPSA) is 176 Å². The second kappa shape index (κ2) is 26.4. The molecule has 0 heterocycles. The molecule has 0 bridgehead atoms. The smallest absolute Gasteiger partial charge is 0.229 e. The van der Waals surface area contributed by atoms with Gasteiger partial charge in [-0.15, -0.1) is 0 Å². The van der Waals surface area contributed by atoms with Crippen LogP contribution >= 0.6 is 0 Å². The average Bonchev–Trinajstić information content (AvgIpc) is 2.85. The molecule has 2 atom stereocenters. The Morgan fingerprint density at radius 2 is 1.24 bits per heavy atom. The van der Waals surface area contributed by atoms with Crippen molar-refractivity contribution in [2.45, 2.75) is 44.9 Å². The molecule has 0 spiro atoms. The predicted molar refractivity (Wildman–Crippen MR) is 152 cm³/mol. The number of hydrogen-bond donors (Lipinski definition) is 9. The third-order valence-corrected chi connectivity index (χ3v) is 5.44. The van der Waals surface area contributed by atoms with Crippen LogP contribution in [0.1, 0.15) is 6.42 Å². The molecule has 2 amide bonds. The van der Waals surface area contributed by atoms with Crippen LogP contribution in [0.15, 0.2) is 0 Å². The number of carbonyl (C=O) groups is 2. The largest absolute Gasteiger partial charge is 0.393 e. The van der Waals surface area contributed by atoms with E-state index in [-0.39, 0.29) is 24.3 Å². The summed E-state index contributed by atoms with van der Waals surface area (Å²) in [5.74, 6) is -0.615. The van der Waals surface area contributed by atoms with Gasteiger partial charge in [-0.05, 0) is 0 Å². The fourth-order valence-electron chi connectivity index (χ4n) is 3.55. The molecule has 0 aliphatic rings. The zero-order valence-corrected chi connectivity index (χ0v) is 23.1. The maximum atomic E-state index is 12.1. The number of aliphatic hydroxyl groups is 2. The second-order valence-electron chi connectivity index (χ2n) is 9.02. The highest BCUT2D eigenvalue weighted by molar-refractivity contribution is 6.33. The van der Waals surface area contributed by atoms with Crippen molar-refractivity contribution in [3.8, 4) is 0 Å². The SMILES string of the molecule is C[B]CC(O)CNCCNCCN(CCNC(=O)CC(=O)NCCNCCNCCN)CC(O)C[B]C. The van der Waals surface area contributed by atoms with Gasteiger partial charge >= 0.3 is 0 Å². The number of nitrogens with one attached hydrogen (secondary N) is 6. The monoisotopic (exact) mass is 526 g/mol. The quantitative estimate of drug-likeness (QED) is 0.0294. The fraction of sp³-hybridized carbons (Fsp3) is 0.913. The van der Waals surface area contributed by atoms with E-state index in [9.17, 15) is 19.8 Å². The maximum absolute atomic E-state index is 12.1. The summed E-state index contributed by atoms with van der Waals surface area (Å²) in [5.41, 5.74) is 5.40. The van der Waals surface area contributed by atoms with Crippen LogP contribution in [0.3, 0.4) is 0 Å². The van der Waals surface area contributed by atoms with E-state index >= 15 is 0 Å². The van der Waals surface area contributed by atoms with Crippen LogP contribution in [0.2, 0.25) is 26.3 Å². The van der Waals surface area contributed by atoms with Crippen molar-refractivity contribution in [2.75, 3.05) is 91.6 Å². The zero-order chi connectivity index (χ0) is 27.6. The molecule has 0 aromatic heterocycles. The standard InChI is InChI=1S/C23H52B2N8O4/c1-24-16-20(34)18-30-8-7-29-11-13-33(19-21(35)17-25-2)14-12-32-23(37)15-22(36)31-10-9-28-6-5-27-4-3-26/h20-21,27-30,34-35H,3-19,26H2,1-2H3,(H,31,36)(H,32,37). The van der Waals surface area contributed by atoms with Crippen molar-refractivity contribution >= 4 is 26.4 Å². The first-order valence-electron chi connectivity index (χ1n) is 13.6. The Labute approximate surface area is 225 Å². The molecule has 0 fully saturated rings. The van der Waals surface area contributed by atoms with Gasteiger partial charge in [0.15, 0.2) is 0 Å². The Balaban J connectivity index is 4.05. The molecule has 12 nitrogen and oxygen atoms in total. The molecule has 0 aromatic rings. The summed E-state index contributed by atoms with van der Waals surface area (Å²) in [6.07, 6.45) is 0.271. The molecule has 0 saturated carbocycles. The van der Waals surface area contributed by atoms with Crippen LogP contribution in [0.25, 0.3) is 0 Å². The van der Waals surface area contributed by atoms with Crippen LogP contribution in [-0.4, -0.2) is 145 Å². The van der Waals surface area contributed by atoms with E-state index in [4.69, 9.17) is 5.73 Å². The molecular weight excluding hydrogens is 474 g/mol. The molecule has 0 aliphatic heterocycles. The Bertz CT molecular complexity index is 555. The van der Waals surface area contributed by atoms with E-state index in [2.05, 4.69) is 36.8 Å². The summed E-state index contributed by atoms with van der Waals surface area (Å²) in [7, 11) is 3.89.